The standard InChI is InChI=1S/C52H37NO/c1-51(2)42-20-8-3-14-34(42)38-28-26-32(30-46(38)51)53(48-24-13-19-41-40-18-7-12-25-49(40)54-50(41)48)33-27-29-39-37-17-6-11-23-45(37)52(47(39)31-33)43-21-9-4-15-35(43)36-16-5-10-22-44(36)52/h3-6,8-11,13-31H,7,12H2,1-2H3. The molecule has 0 fully saturated rings. The molecule has 256 valence electrons. The largest absolute Gasteiger partial charge is 0.454 e. The van der Waals surface area contributed by atoms with Crippen molar-refractivity contribution in [1.29, 1.82) is 0 Å². The minimum atomic E-state index is -0.429. The third-order valence-electron chi connectivity index (χ3n) is 12.9. The normalized spacial score (nSPS) is 15.7. The SMILES string of the molecule is CC1(C)c2ccccc2-c2ccc(N(c3ccc4c(c3)C3(c5ccccc5-c5ccccc53)c3ccccc3-4)c3cccc4c5c(oc34)=CCCC=5)cc21. The van der Waals surface area contributed by atoms with E-state index in [1.165, 1.54) is 77.4 Å². The maximum Gasteiger partial charge on any atom is 0.159 e. The molecule has 1 aromatic heterocycles. The molecule has 2 nitrogen and oxygen atoms in total. The number of fused-ring (bicyclic) bond motifs is 16. The average molecular weight is 692 g/mol. The average Bonchev–Trinajstić information content (AvgIpc) is 3.91. The predicted octanol–water partition coefficient (Wildman–Crippen LogP) is 11.9. The van der Waals surface area contributed by atoms with Crippen LogP contribution in [0.3, 0.4) is 0 Å². The number of anilines is 3. The van der Waals surface area contributed by atoms with E-state index in [-0.39, 0.29) is 5.41 Å². The summed E-state index contributed by atoms with van der Waals surface area (Å²) in [5.74, 6) is 0. The molecule has 4 aliphatic rings. The molecule has 0 N–H and O–H groups in total. The first kappa shape index (κ1) is 30.1. The van der Waals surface area contributed by atoms with Crippen LogP contribution in [0.4, 0.5) is 17.1 Å². The molecule has 1 spiro atoms. The number of furan rings is 1. The zero-order valence-electron chi connectivity index (χ0n) is 30.4. The Morgan fingerprint density at radius 1 is 0.463 bits per heavy atom. The van der Waals surface area contributed by atoms with Gasteiger partial charge >= 0.3 is 0 Å². The molecule has 54 heavy (non-hydrogen) atoms. The van der Waals surface area contributed by atoms with Gasteiger partial charge in [0.15, 0.2) is 5.58 Å². The maximum atomic E-state index is 6.83. The van der Waals surface area contributed by atoms with Crippen molar-refractivity contribution >= 4 is 40.2 Å². The third-order valence-corrected chi connectivity index (χ3v) is 12.9. The van der Waals surface area contributed by atoms with E-state index in [0.29, 0.717) is 0 Å². The lowest BCUT2D eigenvalue weighted by Gasteiger charge is -2.32. The van der Waals surface area contributed by atoms with E-state index in [4.69, 9.17) is 4.42 Å². The Kier molecular flexibility index (Phi) is 5.92. The highest BCUT2D eigenvalue weighted by Crippen LogP contribution is 2.63. The molecule has 0 saturated carbocycles. The second-order valence-electron chi connectivity index (χ2n) is 15.9. The highest BCUT2D eigenvalue weighted by molar-refractivity contribution is 5.99. The van der Waals surface area contributed by atoms with E-state index in [2.05, 4.69) is 183 Å². The fourth-order valence-corrected chi connectivity index (χ4v) is 10.6. The van der Waals surface area contributed by atoms with Crippen LogP contribution in [-0.2, 0) is 10.8 Å². The summed E-state index contributed by atoms with van der Waals surface area (Å²) in [6.07, 6.45) is 6.63. The molecule has 12 rings (SSSR count). The molecule has 2 heteroatoms. The second kappa shape index (κ2) is 10.6. The molecule has 0 amide bonds. The molecule has 4 aliphatic carbocycles. The van der Waals surface area contributed by atoms with Crippen molar-refractivity contribution in [2.75, 3.05) is 4.90 Å². The third kappa shape index (κ3) is 3.70. The van der Waals surface area contributed by atoms with E-state index >= 15 is 0 Å². The monoisotopic (exact) mass is 691 g/mol. The zero-order chi connectivity index (χ0) is 35.8. The van der Waals surface area contributed by atoms with Crippen LogP contribution in [-0.4, -0.2) is 0 Å². The Balaban J connectivity index is 1.16. The van der Waals surface area contributed by atoms with Gasteiger partial charge in [-0.2, -0.15) is 0 Å². The molecule has 0 bridgehead atoms. The number of rotatable bonds is 3. The van der Waals surface area contributed by atoms with E-state index in [0.717, 1.165) is 40.9 Å². The molecule has 0 aliphatic heterocycles. The Bertz CT molecular complexity index is 2990. The van der Waals surface area contributed by atoms with Crippen molar-refractivity contribution in [1.82, 2.24) is 0 Å². The lowest BCUT2D eigenvalue weighted by Crippen LogP contribution is -2.26. The van der Waals surface area contributed by atoms with E-state index < -0.39 is 5.41 Å². The number of hydrogen-bond donors (Lipinski definition) is 0. The van der Waals surface area contributed by atoms with Gasteiger partial charge in [0.1, 0.15) is 5.42 Å². The predicted molar refractivity (Wildman–Crippen MR) is 222 cm³/mol. The zero-order valence-corrected chi connectivity index (χ0v) is 30.4. The summed E-state index contributed by atoms with van der Waals surface area (Å²) in [4.78, 5) is 2.46. The van der Waals surface area contributed by atoms with Crippen LogP contribution < -0.4 is 15.5 Å². The van der Waals surface area contributed by atoms with E-state index in [9.17, 15) is 0 Å². The van der Waals surface area contributed by atoms with E-state index in [1.54, 1.807) is 0 Å². The minimum absolute atomic E-state index is 0.131. The maximum absolute atomic E-state index is 6.83. The van der Waals surface area contributed by atoms with Crippen LogP contribution in [0, 0.1) is 0 Å². The highest BCUT2D eigenvalue weighted by atomic mass is 16.3. The smallest absolute Gasteiger partial charge is 0.159 e. The molecular formula is C52H37NO. The van der Waals surface area contributed by atoms with Crippen LogP contribution in [0.1, 0.15) is 60.1 Å². The number of hydrogen-bond acceptors (Lipinski definition) is 2. The van der Waals surface area contributed by atoms with Gasteiger partial charge in [0.05, 0.1) is 11.1 Å². The summed E-state index contributed by atoms with van der Waals surface area (Å²) in [6.45, 7) is 4.73. The molecule has 0 unspecified atom stereocenters. The van der Waals surface area contributed by atoms with Crippen LogP contribution in [0.25, 0.3) is 56.5 Å². The molecule has 7 aromatic carbocycles. The van der Waals surface area contributed by atoms with Gasteiger partial charge in [-0.15, -0.1) is 0 Å². The van der Waals surface area contributed by atoms with Gasteiger partial charge in [-0.1, -0.05) is 141 Å². The quantitative estimate of drug-likeness (QED) is 0.183. The molecule has 0 saturated heterocycles. The van der Waals surface area contributed by atoms with Crippen molar-refractivity contribution in [2.45, 2.75) is 37.5 Å². The first-order valence-electron chi connectivity index (χ1n) is 19.3. The summed E-state index contributed by atoms with van der Waals surface area (Å²) >= 11 is 0. The minimum Gasteiger partial charge on any atom is -0.454 e. The fraction of sp³-hybridized carbons (Fsp3) is 0.115. The summed E-state index contributed by atoms with van der Waals surface area (Å²) < 4.78 is 6.83. The van der Waals surface area contributed by atoms with Crippen LogP contribution in [0.15, 0.2) is 156 Å². The van der Waals surface area contributed by atoms with Crippen molar-refractivity contribution in [2.24, 2.45) is 0 Å². The Hall–Kier alpha value is -6.38. The van der Waals surface area contributed by atoms with Crippen molar-refractivity contribution in [3.05, 3.63) is 196 Å². The van der Waals surface area contributed by atoms with Crippen molar-refractivity contribution in [3.8, 4) is 33.4 Å². The summed E-state index contributed by atoms with van der Waals surface area (Å²) in [6, 6.07) is 57.0. The van der Waals surface area contributed by atoms with Gasteiger partial charge in [0, 0.05) is 27.4 Å². The summed E-state index contributed by atoms with van der Waals surface area (Å²) in [7, 11) is 0. The van der Waals surface area contributed by atoms with Gasteiger partial charge in [-0.3, -0.25) is 0 Å². The first-order valence-corrected chi connectivity index (χ1v) is 19.3. The molecular weight excluding hydrogens is 655 g/mol. The molecule has 1 heterocycles. The van der Waals surface area contributed by atoms with E-state index in [1.807, 2.05) is 0 Å². The van der Waals surface area contributed by atoms with Gasteiger partial charge < -0.3 is 9.32 Å². The first-order chi connectivity index (χ1) is 26.5. The van der Waals surface area contributed by atoms with Crippen LogP contribution in [0.2, 0.25) is 0 Å². The second-order valence-corrected chi connectivity index (χ2v) is 15.9. The van der Waals surface area contributed by atoms with Gasteiger partial charge in [-0.25, -0.2) is 0 Å². The number of para-hydroxylation sites is 1. The lowest BCUT2D eigenvalue weighted by atomic mass is 9.70. The van der Waals surface area contributed by atoms with Gasteiger partial charge in [0.25, 0.3) is 0 Å². The Morgan fingerprint density at radius 2 is 0.963 bits per heavy atom. The number of benzene rings is 7. The summed E-state index contributed by atoms with van der Waals surface area (Å²) in [5.41, 5.74) is 20.6. The lowest BCUT2D eigenvalue weighted by molar-refractivity contribution is 0.572. The topological polar surface area (TPSA) is 16.4 Å². The number of nitrogens with zero attached hydrogens (tertiary/aromatic N) is 1. The Morgan fingerprint density at radius 3 is 1.59 bits per heavy atom. The Labute approximate surface area is 315 Å². The summed E-state index contributed by atoms with van der Waals surface area (Å²) in [5, 5.41) is 2.38. The van der Waals surface area contributed by atoms with Crippen LogP contribution >= 0.6 is 0 Å². The van der Waals surface area contributed by atoms with Crippen molar-refractivity contribution in [3.63, 3.8) is 0 Å². The fourth-order valence-electron chi connectivity index (χ4n) is 10.6. The van der Waals surface area contributed by atoms with Gasteiger partial charge in [0.2, 0.25) is 0 Å². The molecule has 0 radical (unpaired) electrons. The highest BCUT2D eigenvalue weighted by Gasteiger charge is 2.51. The molecule has 0 atom stereocenters. The molecule has 8 aromatic rings. The van der Waals surface area contributed by atoms with Crippen molar-refractivity contribution < 1.29 is 4.42 Å². The van der Waals surface area contributed by atoms with Crippen LogP contribution in [0.5, 0.6) is 0 Å². The van der Waals surface area contributed by atoms with Gasteiger partial charge in [-0.05, 0) is 116 Å².